The number of methoxy groups -OCH3 is 2. The molecular formula is C23H28N2O5. The predicted molar refractivity (Wildman–Crippen MR) is 114 cm³/mol. The number of nitrogens with zero attached hydrogens (tertiary/aromatic N) is 1. The molecule has 0 saturated carbocycles. The summed E-state index contributed by atoms with van der Waals surface area (Å²) in [6, 6.07) is 13.9. The normalized spacial score (nSPS) is 14.9. The fourth-order valence-electron chi connectivity index (χ4n) is 3.52. The maximum absolute atomic E-state index is 13.3. The van der Waals surface area contributed by atoms with Crippen molar-refractivity contribution in [3.05, 3.63) is 54.1 Å². The number of amides is 2. The molecule has 1 aliphatic rings. The summed E-state index contributed by atoms with van der Waals surface area (Å²) in [7, 11) is 3.16. The van der Waals surface area contributed by atoms with Crippen molar-refractivity contribution in [2.75, 3.05) is 39.3 Å². The Hall–Kier alpha value is -3.06. The topological polar surface area (TPSA) is 77.1 Å². The maximum atomic E-state index is 13.3. The molecule has 30 heavy (non-hydrogen) atoms. The van der Waals surface area contributed by atoms with Crippen LogP contribution in [0.5, 0.6) is 11.5 Å². The number of carbonyl (C=O) groups is 2. The van der Waals surface area contributed by atoms with Crippen LogP contribution in [0.25, 0.3) is 0 Å². The first-order valence-electron chi connectivity index (χ1n) is 10.1. The van der Waals surface area contributed by atoms with E-state index in [9.17, 15) is 9.59 Å². The molecule has 0 aromatic heterocycles. The minimum Gasteiger partial charge on any atom is -0.493 e. The predicted octanol–water partition coefficient (Wildman–Crippen LogP) is 3.41. The zero-order valence-corrected chi connectivity index (χ0v) is 17.4. The molecule has 1 saturated heterocycles. The molecule has 1 heterocycles. The molecule has 1 N–H and O–H groups in total. The molecule has 0 bridgehead atoms. The van der Waals surface area contributed by atoms with E-state index in [1.54, 1.807) is 37.3 Å². The molecule has 1 aliphatic heterocycles. The first-order chi connectivity index (χ1) is 14.6. The highest BCUT2D eigenvalue weighted by Crippen LogP contribution is 2.32. The van der Waals surface area contributed by atoms with Crippen LogP contribution in [-0.2, 0) is 14.3 Å². The Morgan fingerprint density at radius 2 is 1.87 bits per heavy atom. The number of nitrogens with one attached hydrogen (secondary N) is 1. The molecule has 3 rings (SSSR count). The molecule has 1 unspecified atom stereocenters. The van der Waals surface area contributed by atoms with Gasteiger partial charge in [-0.3, -0.25) is 9.59 Å². The van der Waals surface area contributed by atoms with E-state index in [4.69, 9.17) is 14.2 Å². The summed E-state index contributed by atoms with van der Waals surface area (Å²) in [5, 5.41) is 2.94. The fourth-order valence-corrected chi connectivity index (χ4v) is 3.52. The molecule has 7 heteroatoms. The van der Waals surface area contributed by atoms with Crippen LogP contribution < -0.4 is 14.8 Å². The van der Waals surface area contributed by atoms with Gasteiger partial charge in [-0.15, -0.1) is 0 Å². The highest BCUT2D eigenvalue weighted by molar-refractivity contribution is 5.98. The van der Waals surface area contributed by atoms with Crippen molar-refractivity contribution in [3.63, 3.8) is 0 Å². The van der Waals surface area contributed by atoms with Gasteiger partial charge in [-0.1, -0.05) is 30.3 Å². The smallest absolute Gasteiger partial charge is 0.251 e. The summed E-state index contributed by atoms with van der Waals surface area (Å²) in [5.74, 6) is 0.820. The number of hydrogen-bond donors (Lipinski definition) is 1. The summed E-state index contributed by atoms with van der Waals surface area (Å²) >= 11 is 0. The molecule has 2 aromatic carbocycles. The van der Waals surface area contributed by atoms with Crippen LogP contribution in [0, 0.1) is 0 Å². The quantitative estimate of drug-likeness (QED) is 0.639. The molecule has 0 spiro atoms. The van der Waals surface area contributed by atoms with E-state index in [2.05, 4.69) is 5.32 Å². The van der Waals surface area contributed by atoms with E-state index in [1.807, 2.05) is 30.3 Å². The van der Waals surface area contributed by atoms with Crippen molar-refractivity contribution in [3.8, 4) is 11.5 Å². The number of ether oxygens (including phenoxy) is 3. The van der Waals surface area contributed by atoms with Gasteiger partial charge in [0.1, 0.15) is 12.6 Å². The molecule has 2 amide bonds. The number of rotatable bonds is 9. The van der Waals surface area contributed by atoms with E-state index in [1.165, 1.54) is 0 Å². The van der Waals surface area contributed by atoms with Crippen LogP contribution in [-0.4, -0.2) is 50.7 Å². The second kappa shape index (κ2) is 10.6. The molecule has 2 aromatic rings. The molecule has 160 valence electrons. The van der Waals surface area contributed by atoms with Gasteiger partial charge in [-0.05, 0) is 30.5 Å². The monoisotopic (exact) mass is 412 g/mol. The minimum atomic E-state index is -0.682. The van der Waals surface area contributed by atoms with Crippen molar-refractivity contribution >= 4 is 17.5 Å². The number of piperidine rings is 1. The second-order valence-electron chi connectivity index (χ2n) is 7.05. The Kier molecular flexibility index (Phi) is 7.68. The highest BCUT2D eigenvalue weighted by Gasteiger charge is 2.32. The minimum absolute atomic E-state index is 0.00331. The average molecular weight is 412 g/mol. The SMILES string of the molecule is COCCOc1cc(NC(=O)C(c2ccccc2)N2CCCCC2=O)ccc1OC. The van der Waals surface area contributed by atoms with Gasteiger partial charge in [0.25, 0.3) is 5.91 Å². The summed E-state index contributed by atoms with van der Waals surface area (Å²) in [6.45, 7) is 1.37. The Bertz CT molecular complexity index is 856. The van der Waals surface area contributed by atoms with Crippen molar-refractivity contribution in [2.24, 2.45) is 0 Å². The lowest BCUT2D eigenvalue weighted by Gasteiger charge is -2.34. The van der Waals surface area contributed by atoms with Crippen molar-refractivity contribution in [1.29, 1.82) is 0 Å². The van der Waals surface area contributed by atoms with Gasteiger partial charge < -0.3 is 24.4 Å². The third kappa shape index (κ3) is 5.30. The van der Waals surface area contributed by atoms with E-state index in [0.717, 1.165) is 18.4 Å². The first kappa shape index (κ1) is 21.6. The van der Waals surface area contributed by atoms with Crippen molar-refractivity contribution in [1.82, 2.24) is 4.90 Å². The zero-order chi connectivity index (χ0) is 21.3. The number of anilines is 1. The number of carbonyl (C=O) groups excluding carboxylic acids is 2. The largest absolute Gasteiger partial charge is 0.493 e. The van der Waals surface area contributed by atoms with Crippen molar-refractivity contribution < 1.29 is 23.8 Å². The molecule has 0 radical (unpaired) electrons. The molecule has 0 aliphatic carbocycles. The van der Waals surface area contributed by atoms with Gasteiger partial charge in [0.05, 0.1) is 13.7 Å². The van der Waals surface area contributed by atoms with Gasteiger partial charge in [0, 0.05) is 31.8 Å². The Labute approximate surface area is 176 Å². The van der Waals surface area contributed by atoms with Gasteiger partial charge in [0.15, 0.2) is 11.5 Å². The van der Waals surface area contributed by atoms with Crippen LogP contribution in [0.1, 0.15) is 30.9 Å². The average Bonchev–Trinajstić information content (AvgIpc) is 2.76. The Morgan fingerprint density at radius 3 is 2.57 bits per heavy atom. The molecular weight excluding hydrogens is 384 g/mol. The van der Waals surface area contributed by atoms with Gasteiger partial charge in [0.2, 0.25) is 5.91 Å². The van der Waals surface area contributed by atoms with Crippen LogP contribution in [0.3, 0.4) is 0 Å². The lowest BCUT2D eigenvalue weighted by Crippen LogP contribution is -2.43. The maximum Gasteiger partial charge on any atom is 0.251 e. The van der Waals surface area contributed by atoms with Gasteiger partial charge >= 0.3 is 0 Å². The van der Waals surface area contributed by atoms with E-state index >= 15 is 0 Å². The van der Waals surface area contributed by atoms with Crippen LogP contribution in [0.15, 0.2) is 48.5 Å². The van der Waals surface area contributed by atoms with Crippen LogP contribution in [0.2, 0.25) is 0 Å². The van der Waals surface area contributed by atoms with Gasteiger partial charge in [-0.2, -0.15) is 0 Å². The van der Waals surface area contributed by atoms with Crippen LogP contribution in [0.4, 0.5) is 5.69 Å². The number of hydrogen-bond acceptors (Lipinski definition) is 5. The van der Waals surface area contributed by atoms with Crippen LogP contribution >= 0.6 is 0 Å². The summed E-state index contributed by atoms with van der Waals surface area (Å²) < 4.78 is 16.1. The summed E-state index contributed by atoms with van der Waals surface area (Å²) in [6.07, 6.45) is 2.22. The van der Waals surface area contributed by atoms with Gasteiger partial charge in [-0.25, -0.2) is 0 Å². The molecule has 1 atom stereocenters. The Balaban J connectivity index is 1.83. The summed E-state index contributed by atoms with van der Waals surface area (Å²) in [5.41, 5.74) is 1.36. The number of benzene rings is 2. The second-order valence-corrected chi connectivity index (χ2v) is 7.05. The van der Waals surface area contributed by atoms with E-state index in [-0.39, 0.29) is 11.8 Å². The Morgan fingerprint density at radius 1 is 1.07 bits per heavy atom. The molecule has 1 fully saturated rings. The third-order valence-electron chi connectivity index (χ3n) is 5.01. The van der Waals surface area contributed by atoms with E-state index < -0.39 is 6.04 Å². The lowest BCUT2D eigenvalue weighted by atomic mass is 10.0. The standard InChI is InChI=1S/C23H28N2O5/c1-28-14-15-30-20-16-18(11-12-19(20)29-2)24-23(27)22(17-8-4-3-5-9-17)25-13-7-6-10-21(25)26/h3-5,8-9,11-12,16,22H,6-7,10,13-15H2,1-2H3,(H,24,27). The zero-order valence-electron chi connectivity index (χ0n) is 17.4. The van der Waals surface area contributed by atoms with Crippen molar-refractivity contribution in [2.45, 2.75) is 25.3 Å². The fraction of sp³-hybridized carbons (Fsp3) is 0.391. The lowest BCUT2D eigenvalue weighted by molar-refractivity contribution is -0.141. The first-order valence-corrected chi connectivity index (χ1v) is 10.1. The van der Waals surface area contributed by atoms with E-state index in [0.29, 0.717) is 43.4 Å². The molecule has 7 nitrogen and oxygen atoms in total. The summed E-state index contributed by atoms with van der Waals surface area (Å²) in [4.78, 5) is 27.5. The highest BCUT2D eigenvalue weighted by atomic mass is 16.5. The number of likely N-dealkylation sites (tertiary alicyclic amines) is 1. The third-order valence-corrected chi connectivity index (χ3v) is 5.01.